The molecule has 0 bridgehead atoms. The standard InChI is InChI=1S/C20H22ClN/c21-17-9-7-16(8-10-17)20(11-4-12-20)14-22-19-13-18(19)15-5-2-1-3-6-15/h1-3,5-10,18-19,22H,4,11-14H2/t18-,19?/m1/s1. The van der Waals surface area contributed by atoms with Crippen LogP contribution in [0, 0.1) is 0 Å². The third-order valence-electron chi connectivity index (χ3n) is 5.49. The summed E-state index contributed by atoms with van der Waals surface area (Å²) in [4.78, 5) is 0. The Balaban J connectivity index is 1.40. The summed E-state index contributed by atoms with van der Waals surface area (Å²) in [6.07, 6.45) is 5.21. The Labute approximate surface area is 137 Å². The number of benzene rings is 2. The minimum atomic E-state index is 0.342. The van der Waals surface area contributed by atoms with Crippen LogP contribution in [0.3, 0.4) is 0 Å². The smallest absolute Gasteiger partial charge is 0.0406 e. The molecule has 22 heavy (non-hydrogen) atoms. The van der Waals surface area contributed by atoms with E-state index in [4.69, 9.17) is 11.6 Å². The summed E-state index contributed by atoms with van der Waals surface area (Å²) < 4.78 is 0. The van der Waals surface area contributed by atoms with Crippen LogP contribution in [0.4, 0.5) is 0 Å². The molecule has 0 saturated heterocycles. The SMILES string of the molecule is Clc1ccc(C2(CNC3C[C@@H]3c3ccccc3)CCC2)cc1. The van der Waals surface area contributed by atoms with Crippen molar-refractivity contribution in [3.05, 3.63) is 70.7 Å². The minimum Gasteiger partial charge on any atom is -0.312 e. The van der Waals surface area contributed by atoms with Crippen LogP contribution < -0.4 is 5.32 Å². The second kappa shape index (κ2) is 5.72. The van der Waals surface area contributed by atoms with E-state index in [1.807, 2.05) is 12.1 Å². The summed E-state index contributed by atoms with van der Waals surface area (Å²) in [7, 11) is 0. The Morgan fingerprint density at radius 2 is 1.73 bits per heavy atom. The molecule has 1 N–H and O–H groups in total. The maximum absolute atomic E-state index is 6.03. The van der Waals surface area contributed by atoms with Gasteiger partial charge in [-0.3, -0.25) is 0 Å². The van der Waals surface area contributed by atoms with Crippen LogP contribution in [0.25, 0.3) is 0 Å². The topological polar surface area (TPSA) is 12.0 Å². The Hall–Kier alpha value is -1.31. The van der Waals surface area contributed by atoms with E-state index in [9.17, 15) is 0 Å². The Kier molecular flexibility index (Phi) is 3.71. The molecule has 4 rings (SSSR count). The van der Waals surface area contributed by atoms with Crippen molar-refractivity contribution in [2.75, 3.05) is 6.54 Å². The molecule has 2 aromatic carbocycles. The molecule has 0 radical (unpaired) electrons. The van der Waals surface area contributed by atoms with Crippen LogP contribution in [0.2, 0.25) is 5.02 Å². The lowest BCUT2D eigenvalue weighted by molar-refractivity contribution is 0.232. The van der Waals surface area contributed by atoms with Crippen LogP contribution in [0.15, 0.2) is 54.6 Å². The molecule has 2 saturated carbocycles. The monoisotopic (exact) mass is 311 g/mol. The van der Waals surface area contributed by atoms with Crippen molar-refractivity contribution < 1.29 is 0 Å². The van der Waals surface area contributed by atoms with Crippen molar-refractivity contribution >= 4 is 11.6 Å². The number of halogens is 1. The molecule has 1 unspecified atom stereocenters. The quantitative estimate of drug-likeness (QED) is 0.827. The van der Waals surface area contributed by atoms with E-state index in [2.05, 4.69) is 47.8 Å². The molecule has 1 nitrogen and oxygen atoms in total. The number of nitrogens with one attached hydrogen (secondary N) is 1. The summed E-state index contributed by atoms with van der Waals surface area (Å²) in [6, 6.07) is 20.0. The maximum atomic E-state index is 6.03. The summed E-state index contributed by atoms with van der Waals surface area (Å²) in [5.41, 5.74) is 3.27. The van der Waals surface area contributed by atoms with Crippen LogP contribution in [0.1, 0.15) is 42.7 Å². The molecule has 2 aliphatic carbocycles. The van der Waals surface area contributed by atoms with Gasteiger partial charge in [-0.2, -0.15) is 0 Å². The number of hydrogen-bond donors (Lipinski definition) is 1. The zero-order chi connectivity index (χ0) is 15.0. The summed E-state index contributed by atoms with van der Waals surface area (Å²) in [5.74, 6) is 0.712. The zero-order valence-electron chi connectivity index (χ0n) is 12.8. The van der Waals surface area contributed by atoms with E-state index in [1.165, 1.54) is 36.8 Å². The second-order valence-electron chi connectivity index (χ2n) is 6.88. The molecule has 2 aromatic rings. The molecule has 2 atom stereocenters. The van der Waals surface area contributed by atoms with E-state index >= 15 is 0 Å². The molecule has 2 heteroatoms. The fourth-order valence-corrected chi connectivity index (χ4v) is 3.92. The van der Waals surface area contributed by atoms with E-state index < -0.39 is 0 Å². The molecule has 2 fully saturated rings. The predicted octanol–water partition coefficient (Wildman–Crippen LogP) is 4.91. The first kappa shape index (κ1) is 14.3. The first-order valence-corrected chi connectivity index (χ1v) is 8.69. The highest BCUT2D eigenvalue weighted by molar-refractivity contribution is 6.30. The molecule has 114 valence electrons. The summed E-state index contributed by atoms with van der Waals surface area (Å²) in [6.45, 7) is 1.10. The Bertz CT molecular complexity index is 631. The van der Waals surface area contributed by atoms with E-state index in [0.717, 1.165) is 11.6 Å². The van der Waals surface area contributed by atoms with Gasteiger partial charge < -0.3 is 5.32 Å². The lowest BCUT2D eigenvalue weighted by Crippen LogP contribution is -2.44. The van der Waals surface area contributed by atoms with E-state index in [-0.39, 0.29) is 0 Å². The zero-order valence-corrected chi connectivity index (χ0v) is 13.5. The van der Waals surface area contributed by atoms with E-state index in [0.29, 0.717) is 17.4 Å². The lowest BCUT2D eigenvalue weighted by atomic mass is 9.64. The fourth-order valence-electron chi connectivity index (χ4n) is 3.79. The van der Waals surface area contributed by atoms with Gasteiger partial charge in [0.25, 0.3) is 0 Å². The van der Waals surface area contributed by atoms with Crippen molar-refractivity contribution in [3.8, 4) is 0 Å². The van der Waals surface area contributed by atoms with Crippen molar-refractivity contribution in [1.29, 1.82) is 0 Å². The number of hydrogen-bond acceptors (Lipinski definition) is 1. The normalized spacial score (nSPS) is 25.5. The van der Waals surface area contributed by atoms with Gasteiger partial charge in [0.05, 0.1) is 0 Å². The third kappa shape index (κ3) is 2.68. The highest BCUT2D eigenvalue weighted by atomic mass is 35.5. The van der Waals surface area contributed by atoms with Crippen LogP contribution in [-0.2, 0) is 5.41 Å². The average Bonchev–Trinajstić information content (AvgIpc) is 3.28. The van der Waals surface area contributed by atoms with Gasteiger partial charge in [0.15, 0.2) is 0 Å². The first-order chi connectivity index (χ1) is 10.8. The largest absolute Gasteiger partial charge is 0.312 e. The van der Waals surface area contributed by atoms with Gasteiger partial charge in [-0.05, 0) is 42.5 Å². The molecule has 0 amide bonds. The predicted molar refractivity (Wildman–Crippen MR) is 92.6 cm³/mol. The van der Waals surface area contributed by atoms with Gasteiger partial charge in [0.2, 0.25) is 0 Å². The second-order valence-corrected chi connectivity index (χ2v) is 7.32. The van der Waals surface area contributed by atoms with Gasteiger partial charge in [-0.1, -0.05) is 60.5 Å². The summed E-state index contributed by atoms with van der Waals surface area (Å²) >= 11 is 6.03. The fraction of sp³-hybridized carbons (Fsp3) is 0.400. The molecule has 2 aliphatic rings. The lowest BCUT2D eigenvalue weighted by Gasteiger charge is -2.43. The molecular formula is C20H22ClN. The Morgan fingerprint density at radius 3 is 2.36 bits per heavy atom. The van der Waals surface area contributed by atoms with Gasteiger partial charge in [0, 0.05) is 28.9 Å². The molecule has 0 heterocycles. The summed E-state index contributed by atoms with van der Waals surface area (Å²) in [5, 5.41) is 4.66. The van der Waals surface area contributed by atoms with Crippen LogP contribution in [0.5, 0.6) is 0 Å². The van der Waals surface area contributed by atoms with Gasteiger partial charge >= 0.3 is 0 Å². The van der Waals surface area contributed by atoms with Crippen LogP contribution in [-0.4, -0.2) is 12.6 Å². The van der Waals surface area contributed by atoms with Gasteiger partial charge in [-0.15, -0.1) is 0 Å². The Morgan fingerprint density at radius 1 is 1.00 bits per heavy atom. The molecule has 0 spiro atoms. The highest BCUT2D eigenvalue weighted by Gasteiger charge is 2.43. The highest BCUT2D eigenvalue weighted by Crippen LogP contribution is 2.46. The average molecular weight is 312 g/mol. The van der Waals surface area contributed by atoms with Crippen molar-refractivity contribution in [1.82, 2.24) is 5.32 Å². The first-order valence-electron chi connectivity index (χ1n) is 8.31. The van der Waals surface area contributed by atoms with Crippen LogP contribution >= 0.6 is 11.6 Å². The molecule has 0 aliphatic heterocycles. The minimum absolute atomic E-state index is 0.342. The van der Waals surface area contributed by atoms with Crippen molar-refractivity contribution in [3.63, 3.8) is 0 Å². The molecule has 0 aromatic heterocycles. The van der Waals surface area contributed by atoms with E-state index in [1.54, 1.807) is 0 Å². The van der Waals surface area contributed by atoms with Gasteiger partial charge in [0.1, 0.15) is 0 Å². The molecular weight excluding hydrogens is 290 g/mol. The third-order valence-corrected chi connectivity index (χ3v) is 5.74. The number of rotatable bonds is 5. The van der Waals surface area contributed by atoms with Crippen molar-refractivity contribution in [2.45, 2.75) is 43.1 Å². The van der Waals surface area contributed by atoms with Gasteiger partial charge in [-0.25, -0.2) is 0 Å². The van der Waals surface area contributed by atoms with Crippen molar-refractivity contribution in [2.24, 2.45) is 0 Å². The maximum Gasteiger partial charge on any atom is 0.0406 e.